The zero-order valence-electron chi connectivity index (χ0n) is 16.5. The Morgan fingerprint density at radius 1 is 1.00 bits per heavy atom. The van der Waals surface area contributed by atoms with Crippen LogP contribution < -0.4 is 5.32 Å². The summed E-state index contributed by atoms with van der Waals surface area (Å²) in [6, 6.07) is -2.39. The molecule has 0 aromatic heterocycles. The van der Waals surface area contributed by atoms with Gasteiger partial charge in [0.1, 0.15) is 12.1 Å². The number of carbonyl (C=O) groups is 5. The number of nitrogens with one attached hydrogen (secondary N) is 1. The smallest absolute Gasteiger partial charge is 0.328 e. The van der Waals surface area contributed by atoms with Gasteiger partial charge in [0.15, 0.2) is 5.92 Å². The third kappa shape index (κ3) is 5.18. The molecule has 0 unspecified atom stereocenters. The van der Waals surface area contributed by atoms with Crippen LogP contribution in [0.3, 0.4) is 0 Å². The number of β-amino-alcohol motifs (C(OH)–C–C–N with tert-alkyl or cyclic N) is 1. The molecular formula is C17H26N2O9. The normalized spacial score (nSPS) is 20.9. The van der Waals surface area contributed by atoms with Gasteiger partial charge < -0.3 is 29.5 Å². The van der Waals surface area contributed by atoms with Crippen molar-refractivity contribution in [2.24, 2.45) is 11.8 Å². The molecule has 2 N–H and O–H groups in total. The maximum atomic E-state index is 12.7. The molecule has 1 fully saturated rings. The molecule has 1 aliphatic rings. The van der Waals surface area contributed by atoms with Crippen molar-refractivity contribution < 1.29 is 43.3 Å². The van der Waals surface area contributed by atoms with Gasteiger partial charge in [-0.1, -0.05) is 6.92 Å². The minimum Gasteiger partial charge on any atom is -0.468 e. The second-order valence-electron chi connectivity index (χ2n) is 6.47. The molecule has 0 aromatic carbocycles. The molecule has 11 nitrogen and oxygen atoms in total. The number of aliphatic hydroxyl groups excluding tert-OH is 1. The minimum absolute atomic E-state index is 0.00881. The molecule has 1 aliphatic heterocycles. The number of likely N-dealkylation sites (tertiary alicyclic amines) is 1. The molecule has 28 heavy (non-hydrogen) atoms. The van der Waals surface area contributed by atoms with E-state index < -0.39 is 59.7 Å². The fourth-order valence-corrected chi connectivity index (χ4v) is 3.16. The molecule has 0 bridgehead atoms. The van der Waals surface area contributed by atoms with Crippen molar-refractivity contribution in [1.82, 2.24) is 10.2 Å². The third-order valence-electron chi connectivity index (χ3n) is 4.70. The predicted molar refractivity (Wildman–Crippen MR) is 92.4 cm³/mol. The predicted octanol–water partition coefficient (Wildman–Crippen LogP) is -1.78. The molecule has 0 saturated carbocycles. The number of ether oxygens (including phenoxy) is 3. The van der Waals surface area contributed by atoms with Crippen LogP contribution in [0.1, 0.15) is 20.3 Å². The van der Waals surface area contributed by atoms with Crippen molar-refractivity contribution in [3.05, 3.63) is 0 Å². The van der Waals surface area contributed by atoms with Crippen LogP contribution in [0.2, 0.25) is 0 Å². The van der Waals surface area contributed by atoms with Gasteiger partial charge in [0.25, 0.3) is 0 Å². The summed E-state index contributed by atoms with van der Waals surface area (Å²) < 4.78 is 13.9. The maximum Gasteiger partial charge on any atom is 0.328 e. The van der Waals surface area contributed by atoms with E-state index in [1.54, 1.807) is 0 Å². The Balaban J connectivity index is 3.12. The van der Waals surface area contributed by atoms with Gasteiger partial charge in [-0.3, -0.25) is 19.2 Å². The first-order valence-electron chi connectivity index (χ1n) is 8.58. The molecule has 0 aliphatic carbocycles. The van der Waals surface area contributed by atoms with E-state index >= 15 is 0 Å². The Kier molecular flexibility index (Phi) is 8.35. The van der Waals surface area contributed by atoms with E-state index in [9.17, 15) is 29.1 Å². The highest BCUT2D eigenvalue weighted by Crippen LogP contribution is 2.23. The van der Waals surface area contributed by atoms with E-state index in [1.807, 2.05) is 0 Å². The molecular weight excluding hydrogens is 376 g/mol. The van der Waals surface area contributed by atoms with Gasteiger partial charge in [0, 0.05) is 25.8 Å². The van der Waals surface area contributed by atoms with Crippen molar-refractivity contribution >= 4 is 29.7 Å². The molecule has 2 amide bonds. The van der Waals surface area contributed by atoms with Gasteiger partial charge in [0.2, 0.25) is 11.8 Å². The molecule has 1 rings (SSSR count). The number of amides is 2. The average molecular weight is 402 g/mol. The molecule has 0 aromatic rings. The minimum atomic E-state index is -1.49. The monoisotopic (exact) mass is 402 g/mol. The average Bonchev–Trinajstić information content (AvgIpc) is 3.07. The molecule has 0 spiro atoms. The lowest BCUT2D eigenvalue weighted by atomic mass is 9.87. The van der Waals surface area contributed by atoms with Crippen LogP contribution in [0.4, 0.5) is 0 Å². The van der Waals surface area contributed by atoms with Crippen molar-refractivity contribution in [3.63, 3.8) is 0 Å². The molecule has 11 heteroatoms. The van der Waals surface area contributed by atoms with Crippen LogP contribution in [0, 0.1) is 11.8 Å². The van der Waals surface area contributed by atoms with E-state index in [0.717, 1.165) is 21.3 Å². The van der Waals surface area contributed by atoms with Gasteiger partial charge in [-0.25, -0.2) is 4.79 Å². The van der Waals surface area contributed by atoms with Gasteiger partial charge in [-0.2, -0.15) is 0 Å². The highest BCUT2D eigenvalue weighted by molar-refractivity contribution is 5.97. The van der Waals surface area contributed by atoms with Gasteiger partial charge >= 0.3 is 17.9 Å². The summed E-state index contributed by atoms with van der Waals surface area (Å²) in [6.07, 6.45) is -0.892. The van der Waals surface area contributed by atoms with Crippen molar-refractivity contribution in [1.29, 1.82) is 0 Å². The number of esters is 3. The third-order valence-corrected chi connectivity index (χ3v) is 4.70. The second-order valence-corrected chi connectivity index (χ2v) is 6.47. The quantitative estimate of drug-likeness (QED) is 0.286. The highest BCUT2D eigenvalue weighted by Gasteiger charge is 2.44. The summed E-state index contributed by atoms with van der Waals surface area (Å²) in [5, 5.41) is 12.2. The number of hydrogen-bond donors (Lipinski definition) is 2. The SMILES string of the molecule is COC(=O)C(C(=O)OC)[C@H](C)[C@H](NC(=O)[C@@H]1C[C@@H](O)CN1C(C)=O)C(=O)OC. The van der Waals surface area contributed by atoms with E-state index in [0.29, 0.717) is 0 Å². The summed E-state index contributed by atoms with van der Waals surface area (Å²) in [5.74, 6) is -6.48. The van der Waals surface area contributed by atoms with Crippen molar-refractivity contribution in [2.45, 2.75) is 38.5 Å². The number of carbonyl (C=O) groups excluding carboxylic acids is 5. The standard InChI is InChI=1S/C17H26N2O9/c1-8(12(15(23)26-3)16(24)27-4)13(17(25)28-5)18-14(22)11-6-10(21)7-19(11)9(2)20/h8,10-13,21H,6-7H2,1-5H3,(H,18,22)/t8-,10+,11-,13-/m0/s1. The topological polar surface area (TPSA) is 149 Å². The highest BCUT2D eigenvalue weighted by atomic mass is 16.5. The van der Waals surface area contributed by atoms with Gasteiger partial charge in [-0.15, -0.1) is 0 Å². The lowest BCUT2D eigenvalue weighted by molar-refractivity contribution is -0.163. The van der Waals surface area contributed by atoms with Crippen LogP contribution in [-0.2, 0) is 38.2 Å². The number of nitrogens with zero attached hydrogens (tertiary/aromatic N) is 1. The first kappa shape index (κ1) is 23.3. The van der Waals surface area contributed by atoms with Crippen LogP contribution >= 0.6 is 0 Å². The second kappa shape index (κ2) is 10.0. The van der Waals surface area contributed by atoms with Gasteiger partial charge in [0.05, 0.1) is 27.4 Å². The fourth-order valence-electron chi connectivity index (χ4n) is 3.16. The summed E-state index contributed by atoms with van der Waals surface area (Å²) in [7, 11) is 3.23. The Morgan fingerprint density at radius 3 is 1.93 bits per heavy atom. The Hall–Kier alpha value is -2.69. The van der Waals surface area contributed by atoms with Crippen molar-refractivity contribution in [3.8, 4) is 0 Å². The largest absolute Gasteiger partial charge is 0.468 e. The van der Waals surface area contributed by atoms with E-state index in [1.165, 1.54) is 18.7 Å². The molecule has 4 atom stereocenters. The summed E-state index contributed by atoms with van der Waals surface area (Å²) in [6.45, 7) is 2.62. The van der Waals surface area contributed by atoms with Crippen molar-refractivity contribution in [2.75, 3.05) is 27.9 Å². The molecule has 158 valence electrons. The lowest BCUT2D eigenvalue weighted by Gasteiger charge is -2.29. The molecule has 1 saturated heterocycles. The van der Waals surface area contributed by atoms with E-state index in [4.69, 9.17) is 0 Å². The summed E-state index contributed by atoms with van der Waals surface area (Å²) in [4.78, 5) is 61.8. The van der Waals surface area contributed by atoms with Gasteiger partial charge in [-0.05, 0) is 0 Å². The molecule has 0 radical (unpaired) electrons. The Morgan fingerprint density at radius 2 is 1.50 bits per heavy atom. The Labute approximate surface area is 162 Å². The fraction of sp³-hybridized carbons (Fsp3) is 0.706. The van der Waals surface area contributed by atoms with Crippen LogP contribution in [0.5, 0.6) is 0 Å². The zero-order valence-corrected chi connectivity index (χ0v) is 16.5. The van der Waals surface area contributed by atoms with E-state index in [-0.39, 0.29) is 13.0 Å². The zero-order chi connectivity index (χ0) is 21.6. The van der Waals surface area contributed by atoms with E-state index in [2.05, 4.69) is 19.5 Å². The van der Waals surface area contributed by atoms with Crippen LogP contribution in [-0.4, -0.2) is 85.8 Å². The number of aliphatic hydroxyl groups is 1. The Bertz CT molecular complexity index is 620. The number of hydrogen-bond acceptors (Lipinski definition) is 9. The molecule has 1 heterocycles. The number of methoxy groups -OCH3 is 3. The van der Waals surface area contributed by atoms with Crippen LogP contribution in [0.25, 0.3) is 0 Å². The first-order valence-corrected chi connectivity index (χ1v) is 8.58. The maximum absolute atomic E-state index is 12.7. The summed E-state index contributed by atoms with van der Waals surface area (Å²) in [5.41, 5.74) is 0. The van der Waals surface area contributed by atoms with Crippen LogP contribution in [0.15, 0.2) is 0 Å². The lowest BCUT2D eigenvalue weighted by Crippen LogP contribution is -2.55. The first-order chi connectivity index (χ1) is 13.1. The number of rotatable bonds is 7. The summed E-state index contributed by atoms with van der Waals surface area (Å²) >= 11 is 0.